The molecule has 2 heterocycles. The molecule has 12 heteroatoms. The number of aromatic nitrogens is 3. The van der Waals surface area contributed by atoms with Crippen LogP contribution in [0.2, 0.25) is 5.02 Å². The van der Waals surface area contributed by atoms with E-state index in [2.05, 4.69) is 5.10 Å². The van der Waals surface area contributed by atoms with Gasteiger partial charge in [-0.05, 0) is 56.2 Å². The van der Waals surface area contributed by atoms with Gasteiger partial charge in [0.25, 0.3) is 5.56 Å². The number of alkyl halides is 3. The average Bonchev–Trinajstić information content (AvgIpc) is 3.29. The zero-order valence-corrected chi connectivity index (χ0v) is 24.3. The van der Waals surface area contributed by atoms with Gasteiger partial charge in [-0.3, -0.25) is 14.3 Å². The standard InChI is InChI=1S/C30H31ClF3N3O5/c1-18(2)41-10-9-25(26(38)12-19-5-7-24-20(11-19)15-36(3)35-24)37-16-28(40-4)23(14-29(37)39)22-13-21(31)6-8-27(22)42-17-30(32,33)34/h5-8,11,13-16,18,25H,9-10,12,17H2,1-4H3. The third kappa shape index (κ3) is 7.71. The summed E-state index contributed by atoms with van der Waals surface area (Å²) in [6.07, 6.45) is -1.15. The van der Waals surface area contributed by atoms with Gasteiger partial charge in [-0.15, -0.1) is 0 Å². The van der Waals surface area contributed by atoms with E-state index in [1.54, 1.807) is 4.68 Å². The Morgan fingerprint density at radius 1 is 1.05 bits per heavy atom. The zero-order valence-electron chi connectivity index (χ0n) is 23.6. The second-order valence-electron chi connectivity index (χ2n) is 10.1. The average molecular weight is 606 g/mol. The highest BCUT2D eigenvalue weighted by Gasteiger charge is 2.30. The van der Waals surface area contributed by atoms with E-state index in [4.69, 9.17) is 25.8 Å². The summed E-state index contributed by atoms with van der Waals surface area (Å²) >= 11 is 6.15. The normalized spacial score (nSPS) is 12.6. The number of aryl methyl sites for hydroxylation is 1. The first-order valence-corrected chi connectivity index (χ1v) is 13.6. The minimum absolute atomic E-state index is 0.0530. The fourth-order valence-electron chi connectivity index (χ4n) is 4.64. The first-order chi connectivity index (χ1) is 19.8. The van der Waals surface area contributed by atoms with Crippen LogP contribution in [0.25, 0.3) is 22.0 Å². The third-order valence-corrected chi connectivity index (χ3v) is 6.73. The Morgan fingerprint density at radius 2 is 1.79 bits per heavy atom. The monoisotopic (exact) mass is 605 g/mol. The number of rotatable bonds is 12. The molecule has 224 valence electrons. The summed E-state index contributed by atoms with van der Waals surface area (Å²) < 4.78 is 57.9. The maximum absolute atomic E-state index is 13.7. The van der Waals surface area contributed by atoms with Gasteiger partial charge >= 0.3 is 6.18 Å². The molecule has 0 aliphatic carbocycles. The number of hydrogen-bond donors (Lipinski definition) is 0. The van der Waals surface area contributed by atoms with E-state index in [1.807, 2.05) is 45.3 Å². The highest BCUT2D eigenvalue weighted by molar-refractivity contribution is 6.31. The fraction of sp³-hybridized carbons (Fsp3) is 0.367. The Hall–Kier alpha value is -3.83. The molecule has 0 aliphatic rings. The molecule has 0 saturated carbocycles. The van der Waals surface area contributed by atoms with Crippen LogP contribution in [0.3, 0.4) is 0 Å². The number of ketones is 1. The first-order valence-electron chi connectivity index (χ1n) is 13.2. The highest BCUT2D eigenvalue weighted by atomic mass is 35.5. The molecule has 4 aromatic rings. The summed E-state index contributed by atoms with van der Waals surface area (Å²) in [6, 6.07) is 9.92. The van der Waals surface area contributed by atoms with Crippen molar-refractivity contribution < 1.29 is 32.2 Å². The van der Waals surface area contributed by atoms with Gasteiger partial charge in [-0.2, -0.15) is 18.3 Å². The van der Waals surface area contributed by atoms with Crippen LogP contribution < -0.4 is 15.0 Å². The molecule has 8 nitrogen and oxygen atoms in total. The van der Waals surface area contributed by atoms with E-state index in [0.717, 1.165) is 16.5 Å². The minimum Gasteiger partial charge on any atom is -0.495 e. The Labute approximate surface area is 245 Å². The van der Waals surface area contributed by atoms with Crippen LogP contribution >= 0.6 is 11.6 Å². The topological polar surface area (TPSA) is 84.6 Å². The number of nitrogens with zero attached hydrogens (tertiary/aromatic N) is 3. The number of carbonyl (C=O) groups is 1. The molecule has 0 radical (unpaired) electrons. The van der Waals surface area contributed by atoms with Gasteiger partial charge in [0.15, 0.2) is 12.4 Å². The Kier molecular flexibility index (Phi) is 9.63. The summed E-state index contributed by atoms with van der Waals surface area (Å²) in [7, 11) is 3.17. The van der Waals surface area contributed by atoms with E-state index in [1.165, 1.54) is 42.1 Å². The minimum atomic E-state index is -4.57. The number of methoxy groups -OCH3 is 1. The summed E-state index contributed by atoms with van der Waals surface area (Å²) in [5.74, 6) is -0.205. The molecule has 0 aliphatic heterocycles. The summed E-state index contributed by atoms with van der Waals surface area (Å²) in [6.45, 7) is 2.43. The number of carbonyl (C=O) groups excluding carboxylic acids is 1. The number of fused-ring (bicyclic) bond motifs is 1. The molecule has 0 spiro atoms. The molecule has 1 unspecified atom stereocenters. The van der Waals surface area contributed by atoms with Crippen molar-refractivity contribution in [3.05, 3.63) is 75.8 Å². The lowest BCUT2D eigenvalue weighted by Crippen LogP contribution is -2.31. The van der Waals surface area contributed by atoms with E-state index in [-0.39, 0.29) is 59.0 Å². The Bertz CT molecular complexity index is 1630. The summed E-state index contributed by atoms with van der Waals surface area (Å²) in [5, 5.41) is 5.46. The van der Waals surface area contributed by atoms with Crippen molar-refractivity contribution in [3.63, 3.8) is 0 Å². The molecule has 2 aromatic carbocycles. The maximum Gasteiger partial charge on any atom is 0.422 e. The predicted molar refractivity (Wildman–Crippen MR) is 153 cm³/mol. The molecule has 1 atom stereocenters. The molecule has 42 heavy (non-hydrogen) atoms. The lowest BCUT2D eigenvalue weighted by molar-refractivity contribution is -0.153. The van der Waals surface area contributed by atoms with Crippen molar-refractivity contribution in [3.8, 4) is 22.6 Å². The van der Waals surface area contributed by atoms with E-state index >= 15 is 0 Å². The molecule has 0 fully saturated rings. The van der Waals surface area contributed by atoms with Crippen LogP contribution in [0.1, 0.15) is 31.9 Å². The largest absolute Gasteiger partial charge is 0.495 e. The number of Topliss-reactive ketones (excluding diaryl/α,β-unsaturated/α-hetero) is 1. The zero-order chi connectivity index (χ0) is 30.6. The molecule has 0 amide bonds. The molecule has 4 rings (SSSR count). The van der Waals surface area contributed by atoms with Gasteiger partial charge in [-0.25, -0.2) is 0 Å². The Balaban J connectivity index is 1.72. The van der Waals surface area contributed by atoms with Gasteiger partial charge < -0.3 is 18.8 Å². The first kappa shape index (κ1) is 31.1. The van der Waals surface area contributed by atoms with Crippen molar-refractivity contribution in [2.24, 2.45) is 7.05 Å². The lowest BCUT2D eigenvalue weighted by Gasteiger charge is -2.22. The van der Waals surface area contributed by atoms with Crippen LogP contribution in [0.4, 0.5) is 13.2 Å². The number of hydrogen-bond acceptors (Lipinski definition) is 6. The number of pyridine rings is 1. The van der Waals surface area contributed by atoms with Gasteiger partial charge in [0.1, 0.15) is 11.5 Å². The van der Waals surface area contributed by atoms with E-state index < -0.39 is 24.4 Å². The van der Waals surface area contributed by atoms with Gasteiger partial charge in [0.2, 0.25) is 0 Å². The van der Waals surface area contributed by atoms with Crippen molar-refractivity contribution in [2.75, 3.05) is 20.3 Å². The predicted octanol–water partition coefficient (Wildman–Crippen LogP) is 6.17. The second-order valence-corrected chi connectivity index (χ2v) is 10.5. The fourth-order valence-corrected chi connectivity index (χ4v) is 4.81. The smallest absolute Gasteiger partial charge is 0.422 e. The van der Waals surface area contributed by atoms with Crippen LogP contribution in [0, 0.1) is 0 Å². The molecular formula is C30H31ClF3N3O5. The van der Waals surface area contributed by atoms with E-state index in [9.17, 15) is 22.8 Å². The van der Waals surface area contributed by atoms with Crippen molar-refractivity contribution in [1.82, 2.24) is 14.3 Å². The molecular weight excluding hydrogens is 575 g/mol. The third-order valence-electron chi connectivity index (χ3n) is 6.50. The van der Waals surface area contributed by atoms with Crippen LogP contribution in [0.15, 0.2) is 59.7 Å². The molecule has 2 aromatic heterocycles. The quantitative estimate of drug-likeness (QED) is 0.192. The number of ether oxygens (including phenoxy) is 3. The van der Waals surface area contributed by atoms with Crippen molar-refractivity contribution in [2.45, 2.75) is 45.0 Å². The Morgan fingerprint density at radius 3 is 2.48 bits per heavy atom. The van der Waals surface area contributed by atoms with Crippen molar-refractivity contribution in [1.29, 1.82) is 0 Å². The summed E-state index contributed by atoms with van der Waals surface area (Å²) in [5.41, 5.74) is 1.32. The maximum atomic E-state index is 13.7. The molecule has 0 N–H and O–H groups in total. The van der Waals surface area contributed by atoms with Crippen LogP contribution in [-0.2, 0) is 23.0 Å². The van der Waals surface area contributed by atoms with E-state index in [0.29, 0.717) is 0 Å². The summed E-state index contributed by atoms with van der Waals surface area (Å²) in [4.78, 5) is 27.2. The molecule has 0 bridgehead atoms. The van der Waals surface area contributed by atoms with Crippen LogP contribution in [-0.4, -0.2) is 52.7 Å². The number of benzene rings is 2. The van der Waals surface area contributed by atoms with Gasteiger partial charge in [0.05, 0.1) is 31.0 Å². The van der Waals surface area contributed by atoms with Crippen molar-refractivity contribution >= 4 is 28.3 Å². The second kappa shape index (κ2) is 13.0. The van der Waals surface area contributed by atoms with Crippen LogP contribution in [0.5, 0.6) is 11.5 Å². The molecule has 0 saturated heterocycles. The number of halogens is 4. The van der Waals surface area contributed by atoms with Gasteiger partial charge in [0, 0.05) is 53.9 Å². The SMILES string of the molecule is COc1cn(C(CCOC(C)C)C(=O)Cc2ccc3nn(C)cc3c2)c(=O)cc1-c1cc(Cl)ccc1OCC(F)(F)F. The lowest BCUT2D eigenvalue weighted by atomic mass is 9.99. The highest BCUT2D eigenvalue weighted by Crippen LogP contribution is 2.38. The van der Waals surface area contributed by atoms with Gasteiger partial charge in [-0.1, -0.05) is 17.7 Å².